The maximum absolute atomic E-state index is 11.2. The molecule has 1 fully saturated rings. The van der Waals surface area contributed by atoms with Gasteiger partial charge in [0.1, 0.15) is 12.3 Å². The summed E-state index contributed by atoms with van der Waals surface area (Å²) in [6, 6.07) is 5.43. The van der Waals surface area contributed by atoms with Crippen LogP contribution in [-0.2, 0) is 0 Å². The van der Waals surface area contributed by atoms with Gasteiger partial charge in [-0.05, 0) is 38.6 Å². The van der Waals surface area contributed by atoms with Crippen molar-refractivity contribution >= 4 is 11.4 Å². The number of nitro groups is 1. The van der Waals surface area contributed by atoms with Crippen molar-refractivity contribution in [3.8, 4) is 5.75 Å². The van der Waals surface area contributed by atoms with Crippen LogP contribution >= 0.6 is 0 Å². The number of likely N-dealkylation sites (N-methyl/N-ethyl adjacent to an activating group) is 1. The third-order valence-electron chi connectivity index (χ3n) is 3.80. The third kappa shape index (κ3) is 3.19. The number of nitrogens with zero attached hydrogens (tertiary/aromatic N) is 2. The molecule has 1 aromatic rings. The minimum Gasteiger partial charge on any atom is -0.485 e. The molecule has 0 saturated carbocycles. The van der Waals surface area contributed by atoms with Crippen LogP contribution in [0.15, 0.2) is 18.2 Å². The Morgan fingerprint density at radius 2 is 2.30 bits per heavy atom. The first-order chi connectivity index (χ1) is 9.63. The molecule has 0 radical (unpaired) electrons. The zero-order chi connectivity index (χ0) is 14.5. The molecule has 1 heterocycles. The van der Waals surface area contributed by atoms with Crippen LogP contribution in [0.5, 0.6) is 5.75 Å². The zero-order valence-corrected chi connectivity index (χ0v) is 12.0. The van der Waals surface area contributed by atoms with Gasteiger partial charge >= 0.3 is 5.69 Å². The van der Waals surface area contributed by atoms with Crippen molar-refractivity contribution in [2.45, 2.75) is 25.3 Å². The number of para-hydroxylation sites is 1. The summed E-state index contributed by atoms with van der Waals surface area (Å²) in [5, 5.41) is 14.0. The molecule has 0 spiro atoms. The highest BCUT2D eigenvalue weighted by Gasteiger charge is 2.23. The Labute approximate surface area is 118 Å². The summed E-state index contributed by atoms with van der Waals surface area (Å²) < 4.78 is 5.73. The summed E-state index contributed by atoms with van der Waals surface area (Å²) in [6.07, 6.45) is 3.48. The van der Waals surface area contributed by atoms with E-state index in [4.69, 9.17) is 4.74 Å². The number of hydrogen-bond acceptors (Lipinski definition) is 5. The van der Waals surface area contributed by atoms with E-state index in [-0.39, 0.29) is 5.69 Å². The highest BCUT2D eigenvalue weighted by molar-refractivity contribution is 5.68. The highest BCUT2D eigenvalue weighted by atomic mass is 16.6. The van der Waals surface area contributed by atoms with E-state index < -0.39 is 4.92 Å². The van der Waals surface area contributed by atoms with Crippen LogP contribution in [0.25, 0.3) is 0 Å². The lowest BCUT2D eigenvalue weighted by Gasteiger charge is -2.32. The van der Waals surface area contributed by atoms with Gasteiger partial charge in [-0.3, -0.25) is 10.1 Å². The van der Waals surface area contributed by atoms with Gasteiger partial charge in [0.2, 0.25) is 0 Å². The maximum atomic E-state index is 11.2. The SMILES string of the molecule is CNc1cccc(OCC2CCCCN2C)c1[N+](=O)[O-]. The van der Waals surface area contributed by atoms with E-state index in [9.17, 15) is 10.1 Å². The quantitative estimate of drug-likeness (QED) is 0.662. The Bertz CT molecular complexity index is 479. The Morgan fingerprint density at radius 3 is 2.95 bits per heavy atom. The lowest BCUT2D eigenvalue weighted by molar-refractivity contribution is -0.385. The molecule has 20 heavy (non-hydrogen) atoms. The molecule has 0 amide bonds. The summed E-state index contributed by atoms with van der Waals surface area (Å²) in [6.45, 7) is 1.55. The van der Waals surface area contributed by atoms with Crippen molar-refractivity contribution in [1.82, 2.24) is 4.90 Å². The number of anilines is 1. The first kappa shape index (κ1) is 14.6. The second-order valence-electron chi connectivity index (χ2n) is 5.10. The summed E-state index contributed by atoms with van der Waals surface area (Å²) in [5.41, 5.74) is 0.484. The topological polar surface area (TPSA) is 67.6 Å². The fourth-order valence-corrected chi connectivity index (χ4v) is 2.57. The zero-order valence-electron chi connectivity index (χ0n) is 12.0. The molecule has 1 atom stereocenters. The molecular weight excluding hydrogens is 258 g/mol. The predicted octanol–water partition coefficient (Wildman–Crippen LogP) is 2.50. The number of benzene rings is 1. The summed E-state index contributed by atoms with van der Waals surface area (Å²) >= 11 is 0. The lowest BCUT2D eigenvalue weighted by Crippen LogP contribution is -2.40. The van der Waals surface area contributed by atoms with Crippen molar-refractivity contribution in [3.63, 3.8) is 0 Å². The lowest BCUT2D eigenvalue weighted by atomic mass is 10.0. The molecule has 6 heteroatoms. The molecule has 1 unspecified atom stereocenters. The fourth-order valence-electron chi connectivity index (χ4n) is 2.57. The van der Waals surface area contributed by atoms with Gasteiger partial charge in [-0.2, -0.15) is 0 Å². The maximum Gasteiger partial charge on any atom is 0.333 e. The first-order valence-corrected chi connectivity index (χ1v) is 6.91. The van der Waals surface area contributed by atoms with Crippen molar-refractivity contribution in [2.24, 2.45) is 0 Å². The van der Waals surface area contributed by atoms with Crippen LogP contribution in [0.1, 0.15) is 19.3 Å². The van der Waals surface area contributed by atoms with E-state index >= 15 is 0 Å². The molecule has 0 aliphatic carbocycles. The fraction of sp³-hybridized carbons (Fsp3) is 0.571. The Balaban J connectivity index is 2.10. The molecule has 0 aromatic heterocycles. The predicted molar refractivity (Wildman–Crippen MR) is 78.4 cm³/mol. The van der Waals surface area contributed by atoms with Gasteiger partial charge < -0.3 is 15.0 Å². The summed E-state index contributed by atoms with van der Waals surface area (Å²) in [7, 11) is 3.74. The van der Waals surface area contributed by atoms with Gasteiger partial charge in [0.25, 0.3) is 0 Å². The number of nitro benzene ring substituents is 1. The minimum absolute atomic E-state index is 0.00784. The largest absolute Gasteiger partial charge is 0.485 e. The van der Waals surface area contributed by atoms with E-state index in [0.717, 1.165) is 13.0 Å². The smallest absolute Gasteiger partial charge is 0.333 e. The average Bonchev–Trinajstić information content (AvgIpc) is 2.45. The molecule has 1 N–H and O–H groups in total. The van der Waals surface area contributed by atoms with Crippen LogP contribution in [0.2, 0.25) is 0 Å². The number of nitrogens with one attached hydrogen (secondary N) is 1. The molecule has 1 aromatic carbocycles. The van der Waals surface area contributed by atoms with E-state index in [1.807, 2.05) is 0 Å². The van der Waals surface area contributed by atoms with Gasteiger partial charge in [-0.15, -0.1) is 0 Å². The molecule has 1 saturated heterocycles. The summed E-state index contributed by atoms with van der Waals surface area (Å²) in [4.78, 5) is 13.1. The second-order valence-corrected chi connectivity index (χ2v) is 5.10. The number of piperidine rings is 1. The number of likely N-dealkylation sites (tertiary alicyclic amines) is 1. The Morgan fingerprint density at radius 1 is 1.50 bits per heavy atom. The van der Waals surface area contributed by atoms with Crippen LogP contribution < -0.4 is 10.1 Å². The molecule has 6 nitrogen and oxygen atoms in total. The van der Waals surface area contributed by atoms with Gasteiger partial charge in [0.15, 0.2) is 5.75 Å². The van der Waals surface area contributed by atoms with Crippen molar-refractivity contribution < 1.29 is 9.66 Å². The molecular formula is C14H21N3O3. The van der Waals surface area contributed by atoms with Crippen LogP contribution in [-0.4, -0.2) is 43.1 Å². The molecule has 2 rings (SSSR count). The van der Waals surface area contributed by atoms with E-state index in [2.05, 4.69) is 17.3 Å². The van der Waals surface area contributed by atoms with E-state index in [1.165, 1.54) is 12.8 Å². The third-order valence-corrected chi connectivity index (χ3v) is 3.80. The van der Waals surface area contributed by atoms with Gasteiger partial charge in [-0.25, -0.2) is 0 Å². The summed E-state index contributed by atoms with van der Waals surface area (Å²) in [5.74, 6) is 0.334. The normalized spacial score (nSPS) is 19.6. The minimum atomic E-state index is -0.397. The average molecular weight is 279 g/mol. The van der Waals surface area contributed by atoms with Gasteiger partial charge in [-0.1, -0.05) is 12.5 Å². The second kappa shape index (κ2) is 6.56. The van der Waals surface area contributed by atoms with E-state index in [1.54, 1.807) is 25.2 Å². The van der Waals surface area contributed by atoms with E-state index in [0.29, 0.717) is 24.1 Å². The van der Waals surface area contributed by atoms with Crippen molar-refractivity contribution in [3.05, 3.63) is 28.3 Å². The standard InChI is InChI=1S/C14H21N3O3/c1-15-12-7-5-8-13(14(12)17(18)19)20-10-11-6-3-4-9-16(11)2/h5,7-8,11,15H,3-4,6,9-10H2,1-2H3. The van der Waals surface area contributed by atoms with Crippen LogP contribution in [0, 0.1) is 10.1 Å². The van der Waals surface area contributed by atoms with Crippen LogP contribution in [0.3, 0.4) is 0 Å². The number of ether oxygens (including phenoxy) is 1. The van der Waals surface area contributed by atoms with Gasteiger partial charge in [0.05, 0.1) is 4.92 Å². The molecule has 1 aliphatic heterocycles. The Hall–Kier alpha value is -1.82. The monoisotopic (exact) mass is 279 g/mol. The number of rotatable bonds is 5. The first-order valence-electron chi connectivity index (χ1n) is 6.91. The molecule has 110 valence electrons. The van der Waals surface area contributed by atoms with Crippen LogP contribution in [0.4, 0.5) is 11.4 Å². The molecule has 0 bridgehead atoms. The van der Waals surface area contributed by atoms with Crippen molar-refractivity contribution in [2.75, 3.05) is 32.6 Å². The number of hydrogen-bond donors (Lipinski definition) is 1. The highest BCUT2D eigenvalue weighted by Crippen LogP contribution is 2.34. The van der Waals surface area contributed by atoms with Gasteiger partial charge in [0, 0.05) is 13.1 Å². The Kier molecular flexibility index (Phi) is 4.79. The van der Waals surface area contributed by atoms with Crippen molar-refractivity contribution in [1.29, 1.82) is 0 Å². The molecule has 1 aliphatic rings.